The first-order valence-corrected chi connectivity index (χ1v) is 4.50. The van der Waals surface area contributed by atoms with Gasteiger partial charge in [-0.3, -0.25) is 9.78 Å². The maximum absolute atomic E-state index is 11.7. The van der Waals surface area contributed by atoms with E-state index in [1.165, 1.54) is 18.8 Å². The molecule has 1 amide bonds. The van der Waals surface area contributed by atoms with Crippen LogP contribution in [0.15, 0.2) is 29.4 Å². The van der Waals surface area contributed by atoms with Crippen LogP contribution in [-0.2, 0) is 6.54 Å². The van der Waals surface area contributed by atoms with Gasteiger partial charge in [0.1, 0.15) is 0 Å². The van der Waals surface area contributed by atoms with Crippen LogP contribution in [0.3, 0.4) is 0 Å². The lowest BCUT2D eigenvalue weighted by molar-refractivity contribution is 0.0950. The molecule has 2 aromatic heterocycles. The van der Waals surface area contributed by atoms with Crippen LogP contribution in [0.4, 0.5) is 5.69 Å². The normalized spacial score (nSPS) is 10.0. The van der Waals surface area contributed by atoms with Crippen LogP contribution in [0.5, 0.6) is 0 Å². The number of rotatable bonds is 3. The highest BCUT2D eigenvalue weighted by Gasteiger charge is 2.09. The fourth-order valence-electron chi connectivity index (χ4n) is 1.14. The summed E-state index contributed by atoms with van der Waals surface area (Å²) in [7, 11) is 0. The molecule has 0 aromatic carbocycles. The number of hydrogen-bond donors (Lipinski definition) is 2. The number of nitrogens with zero attached hydrogens (tertiary/aromatic N) is 3. The molecule has 0 saturated heterocycles. The van der Waals surface area contributed by atoms with Gasteiger partial charge in [0.05, 0.1) is 24.0 Å². The minimum absolute atomic E-state index is 0.192. The number of aromatic nitrogens is 3. The second-order valence-corrected chi connectivity index (χ2v) is 2.99. The molecule has 0 aliphatic rings. The molecule has 3 N–H and O–H groups in total. The summed E-state index contributed by atoms with van der Waals surface area (Å²) in [6.07, 6.45) is 4.12. The number of hydrogen-bond acceptors (Lipinski definition) is 6. The Bertz CT molecular complexity index is 482. The zero-order valence-electron chi connectivity index (χ0n) is 8.25. The van der Waals surface area contributed by atoms with Crippen LogP contribution in [0.2, 0.25) is 0 Å². The van der Waals surface area contributed by atoms with Gasteiger partial charge in [0.2, 0.25) is 6.39 Å². The number of pyridine rings is 1. The number of amides is 1. The van der Waals surface area contributed by atoms with Crippen molar-refractivity contribution in [3.05, 3.63) is 36.2 Å². The first-order valence-electron chi connectivity index (χ1n) is 4.50. The van der Waals surface area contributed by atoms with Gasteiger partial charge in [-0.15, -0.1) is 0 Å². The van der Waals surface area contributed by atoms with Crippen LogP contribution >= 0.6 is 0 Å². The summed E-state index contributed by atoms with van der Waals surface area (Å²) in [5, 5.41) is 6.17. The summed E-state index contributed by atoms with van der Waals surface area (Å²) in [6, 6.07) is 1.54. The third-order valence-corrected chi connectivity index (χ3v) is 1.91. The Kier molecular flexibility index (Phi) is 2.77. The van der Waals surface area contributed by atoms with Crippen molar-refractivity contribution in [2.45, 2.75) is 6.54 Å². The molecule has 2 heterocycles. The van der Waals surface area contributed by atoms with Gasteiger partial charge in [0.25, 0.3) is 5.91 Å². The van der Waals surface area contributed by atoms with E-state index < -0.39 is 0 Å². The fourth-order valence-corrected chi connectivity index (χ4v) is 1.14. The van der Waals surface area contributed by atoms with Crippen molar-refractivity contribution >= 4 is 11.6 Å². The third-order valence-electron chi connectivity index (χ3n) is 1.91. The maximum Gasteiger partial charge on any atom is 0.253 e. The SMILES string of the molecule is Nc1cnccc1C(=O)NCc1ncon1. The molecule has 0 fully saturated rings. The van der Waals surface area contributed by atoms with Crippen molar-refractivity contribution in [2.75, 3.05) is 5.73 Å². The van der Waals surface area contributed by atoms with E-state index in [1.54, 1.807) is 6.07 Å². The molecule has 7 nitrogen and oxygen atoms in total. The van der Waals surface area contributed by atoms with Crippen LogP contribution in [0, 0.1) is 0 Å². The number of carbonyl (C=O) groups excluding carboxylic acids is 1. The molecule has 0 saturated carbocycles. The second-order valence-electron chi connectivity index (χ2n) is 2.99. The van der Waals surface area contributed by atoms with Crippen molar-refractivity contribution in [1.82, 2.24) is 20.4 Å². The van der Waals surface area contributed by atoms with Gasteiger partial charge in [-0.05, 0) is 6.07 Å². The van der Waals surface area contributed by atoms with Gasteiger partial charge in [0.15, 0.2) is 5.82 Å². The molecule has 0 aliphatic heterocycles. The van der Waals surface area contributed by atoms with Gasteiger partial charge in [-0.25, -0.2) is 0 Å². The lowest BCUT2D eigenvalue weighted by Gasteiger charge is -2.04. The van der Waals surface area contributed by atoms with E-state index in [-0.39, 0.29) is 12.5 Å². The Hall–Kier alpha value is -2.44. The minimum Gasteiger partial charge on any atom is -0.397 e. The molecular formula is C9H9N5O2. The van der Waals surface area contributed by atoms with E-state index >= 15 is 0 Å². The highest BCUT2D eigenvalue weighted by molar-refractivity contribution is 5.98. The number of nitrogen functional groups attached to an aromatic ring is 1. The zero-order chi connectivity index (χ0) is 11.4. The first kappa shape index (κ1) is 10.1. The van der Waals surface area contributed by atoms with E-state index in [2.05, 4.69) is 25.0 Å². The smallest absolute Gasteiger partial charge is 0.253 e. The second kappa shape index (κ2) is 4.39. The van der Waals surface area contributed by atoms with Crippen molar-refractivity contribution in [2.24, 2.45) is 0 Å². The molecular weight excluding hydrogens is 210 g/mol. The monoisotopic (exact) mass is 219 g/mol. The summed E-state index contributed by atoms with van der Waals surface area (Å²) in [4.78, 5) is 19.2. The lowest BCUT2D eigenvalue weighted by Crippen LogP contribution is -2.24. The summed E-state index contributed by atoms with van der Waals surface area (Å²) in [6.45, 7) is 0.192. The number of carbonyl (C=O) groups is 1. The van der Waals surface area contributed by atoms with Crippen LogP contribution in [-0.4, -0.2) is 21.0 Å². The molecule has 2 rings (SSSR count). The molecule has 0 atom stereocenters. The van der Waals surface area contributed by atoms with Crippen LogP contribution in [0.25, 0.3) is 0 Å². The molecule has 0 radical (unpaired) electrons. The Morgan fingerprint density at radius 2 is 2.44 bits per heavy atom. The topological polar surface area (TPSA) is 107 Å². The quantitative estimate of drug-likeness (QED) is 0.751. The summed E-state index contributed by atoms with van der Waals surface area (Å²) < 4.78 is 4.53. The van der Waals surface area contributed by atoms with Crippen molar-refractivity contribution in [3.8, 4) is 0 Å². The number of nitrogens with one attached hydrogen (secondary N) is 1. The molecule has 16 heavy (non-hydrogen) atoms. The summed E-state index contributed by atoms with van der Waals surface area (Å²) in [5.74, 6) is 0.102. The molecule has 0 spiro atoms. The predicted octanol–water partition coefficient (Wildman–Crippen LogP) is -0.0232. The van der Waals surface area contributed by atoms with Gasteiger partial charge >= 0.3 is 0 Å². The van der Waals surface area contributed by atoms with Gasteiger partial charge in [-0.2, -0.15) is 4.98 Å². The Morgan fingerprint density at radius 1 is 1.56 bits per heavy atom. The first-order chi connectivity index (χ1) is 7.77. The van der Waals surface area contributed by atoms with Gasteiger partial charge < -0.3 is 15.6 Å². The fraction of sp³-hybridized carbons (Fsp3) is 0.111. The zero-order valence-corrected chi connectivity index (χ0v) is 8.25. The average molecular weight is 219 g/mol. The molecule has 0 bridgehead atoms. The van der Waals surface area contributed by atoms with E-state index in [0.29, 0.717) is 17.1 Å². The van der Waals surface area contributed by atoms with E-state index in [4.69, 9.17) is 5.73 Å². The summed E-state index contributed by atoms with van der Waals surface area (Å²) >= 11 is 0. The minimum atomic E-state index is -0.301. The van der Waals surface area contributed by atoms with Crippen LogP contribution < -0.4 is 11.1 Å². The summed E-state index contributed by atoms with van der Waals surface area (Å²) in [5.41, 5.74) is 6.30. The van der Waals surface area contributed by atoms with Crippen LogP contribution in [0.1, 0.15) is 16.2 Å². The van der Waals surface area contributed by atoms with E-state index in [0.717, 1.165) is 0 Å². The Balaban J connectivity index is 2.01. The molecule has 7 heteroatoms. The Morgan fingerprint density at radius 3 is 3.12 bits per heavy atom. The largest absolute Gasteiger partial charge is 0.397 e. The molecule has 0 aliphatic carbocycles. The predicted molar refractivity (Wildman–Crippen MR) is 54.1 cm³/mol. The van der Waals surface area contributed by atoms with Gasteiger partial charge in [0, 0.05) is 6.20 Å². The number of nitrogens with two attached hydrogens (primary N) is 1. The molecule has 82 valence electrons. The third kappa shape index (κ3) is 2.14. The maximum atomic E-state index is 11.7. The van der Waals surface area contributed by atoms with E-state index in [9.17, 15) is 4.79 Å². The standard InChI is InChI=1S/C9H9N5O2/c10-7-3-11-2-1-6(7)9(15)12-4-8-13-5-16-14-8/h1-3,5H,4,10H2,(H,12,15). The molecule has 0 unspecified atom stereocenters. The van der Waals surface area contributed by atoms with Crippen molar-refractivity contribution in [3.63, 3.8) is 0 Å². The highest BCUT2D eigenvalue weighted by atomic mass is 16.5. The lowest BCUT2D eigenvalue weighted by atomic mass is 10.2. The van der Waals surface area contributed by atoms with Crippen molar-refractivity contribution in [1.29, 1.82) is 0 Å². The van der Waals surface area contributed by atoms with Crippen molar-refractivity contribution < 1.29 is 9.32 Å². The Labute approximate surface area is 90.7 Å². The highest BCUT2D eigenvalue weighted by Crippen LogP contribution is 2.07. The molecule has 2 aromatic rings. The average Bonchev–Trinajstić information content (AvgIpc) is 2.79. The number of anilines is 1. The van der Waals surface area contributed by atoms with Gasteiger partial charge in [-0.1, -0.05) is 5.16 Å². The van der Waals surface area contributed by atoms with E-state index in [1.807, 2.05) is 0 Å².